The third-order valence-electron chi connectivity index (χ3n) is 2.61. The molecule has 0 N–H and O–H groups in total. The quantitative estimate of drug-likeness (QED) is 0.727. The number of hydrogen-bond donors (Lipinski definition) is 0. The second-order valence-electron chi connectivity index (χ2n) is 3.87. The molecule has 0 aliphatic carbocycles. The van der Waals surface area contributed by atoms with E-state index in [1.54, 1.807) is 6.07 Å². The SMILES string of the molecule is CCCCCN(C)c1cccc(Cl)c1C#N. The zero-order valence-electron chi connectivity index (χ0n) is 9.83. The lowest BCUT2D eigenvalue weighted by Crippen LogP contribution is -2.19. The average molecular weight is 237 g/mol. The van der Waals surface area contributed by atoms with Crippen molar-refractivity contribution in [2.75, 3.05) is 18.5 Å². The van der Waals surface area contributed by atoms with Gasteiger partial charge in [-0.15, -0.1) is 0 Å². The average Bonchev–Trinajstić information content (AvgIpc) is 2.29. The van der Waals surface area contributed by atoms with Crippen molar-refractivity contribution >= 4 is 17.3 Å². The van der Waals surface area contributed by atoms with Gasteiger partial charge < -0.3 is 4.90 Å². The third kappa shape index (κ3) is 3.15. The first kappa shape index (κ1) is 12.9. The van der Waals surface area contributed by atoms with Crippen LogP contribution < -0.4 is 4.90 Å². The number of rotatable bonds is 5. The summed E-state index contributed by atoms with van der Waals surface area (Å²) in [6, 6.07) is 7.74. The van der Waals surface area contributed by atoms with E-state index in [-0.39, 0.29) is 0 Å². The summed E-state index contributed by atoms with van der Waals surface area (Å²) in [6.07, 6.45) is 3.56. The van der Waals surface area contributed by atoms with Crippen LogP contribution in [0.1, 0.15) is 31.7 Å². The van der Waals surface area contributed by atoms with Gasteiger partial charge in [-0.1, -0.05) is 37.4 Å². The first-order chi connectivity index (χ1) is 7.70. The summed E-state index contributed by atoms with van der Waals surface area (Å²) in [4.78, 5) is 2.10. The van der Waals surface area contributed by atoms with Gasteiger partial charge in [0.1, 0.15) is 6.07 Å². The minimum Gasteiger partial charge on any atom is -0.373 e. The van der Waals surface area contributed by atoms with Crippen LogP contribution in [-0.4, -0.2) is 13.6 Å². The normalized spacial score (nSPS) is 9.88. The molecule has 0 heterocycles. The van der Waals surface area contributed by atoms with Crippen molar-refractivity contribution in [2.45, 2.75) is 26.2 Å². The second kappa shape index (κ2) is 6.40. The second-order valence-corrected chi connectivity index (χ2v) is 4.28. The van der Waals surface area contributed by atoms with E-state index in [4.69, 9.17) is 16.9 Å². The predicted molar refractivity (Wildman–Crippen MR) is 69.0 cm³/mol. The molecule has 0 saturated carbocycles. The van der Waals surface area contributed by atoms with Crippen molar-refractivity contribution in [1.82, 2.24) is 0 Å². The van der Waals surface area contributed by atoms with Crippen LogP contribution in [0.4, 0.5) is 5.69 Å². The van der Waals surface area contributed by atoms with Crippen LogP contribution in [0.2, 0.25) is 5.02 Å². The zero-order valence-corrected chi connectivity index (χ0v) is 10.6. The molecule has 0 aliphatic heterocycles. The molecule has 2 nitrogen and oxygen atoms in total. The fraction of sp³-hybridized carbons (Fsp3) is 0.462. The summed E-state index contributed by atoms with van der Waals surface area (Å²) >= 11 is 5.99. The molecule has 1 aromatic carbocycles. The number of nitriles is 1. The molecule has 86 valence electrons. The highest BCUT2D eigenvalue weighted by molar-refractivity contribution is 6.32. The lowest BCUT2D eigenvalue weighted by atomic mass is 10.1. The summed E-state index contributed by atoms with van der Waals surface area (Å²) in [7, 11) is 2.00. The Morgan fingerprint density at radius 2 is 2.12 bits per heavy atom. The van der Waals surface area contributed by atoms with Crippen LogP contribution in [-0.2, 0) is 0 Å². The number of hydrogen-bond acceptors (Lipinski definition) is 2. The van der Waals surface area contributed by atoms with Crippen molar-refractivity contribution in [2.24, 2.45) is 0 Å². The highest BCUT2D eigenvalue weighted by Gasteiger charge is 2.09. The van der Waals surface area contributed by atoms with Gasteiger partial charge in [0.25, 0.3) is 0 Å². The Labute approximate surface area is 102 Å². The van der Waals surface area contributed by atoms with Gasteiger partial charge in [0.15, 0.2) is 0 Å². The summed E-state index contributed by atoms with van der Waals surface area (Å²) < 4.78 is 0. The van der Waals surface area contributed by atoms with Crippen molar-refractivity contribution < 1.29 is 0 Å². The minimum atomic E-state index is 0.530. The maximum Gasteiger partial charge on any atom is 0.103 e. The third-order valence-corrected chi connectivity index (χ3v) is 2.93. The van der Waals surface area contributed by atoms with E-state index in [0.717, 1.165) is 18.7 Å². The van der Waals surface area contributed by atoms with Gasteiger partial charge in [-0.05, 0) is 18.6 Å². The van der Waals surface area contributed by atoms with Gasteiger partial charge in [-0.25, -0.2) is 0 Å². The largest absolute Gasteiger partial charge is 0.373 e. The highest BCUT2D eigenvalue weighted by Crippen LogP contribution is 2.26. The molecule has 0 unspecified atom stereocenters. The molecule has 0 radical (unpaired) electrons. The molecule has 1 aromatic rings. The molecule has 0 aromatic heterocycles. The van der Waals surface area contributed by atoms with Crippen molar-refractivity contribution in [1.29, 1.82) is 5.26 Å². The van der Waals surface area contributed by atoms with E-state index in [9.17, 15) is 0 Å². The lowest BCUT2D eigenvalue weighted by Gasteiger charge is -2.20. The highest BCUT2D eigenvalue weighted by atomic mass is 35.5. The van der Waals surface area contributed by atoms with E-state index in [0.29, 0.717) is 10.6 Å². The molecule has 0 saturated heterocycles. The molecule has 0 amide bonds. The van der Waals surface area contributed by atoms with Gasteiger partial charge in [-0.3, -0.25) is 0 Å². The lowest BCUT2D eigenvalue weighted by molar-refractivity contribution is 0.705. The molecule has 16 heavy (non-hydrogen) atoms. The molecular weight excluding hydrogens is 220 g/mol. The summed E-state index contributed by atoms with van der Waals surface area (Å²) in [5.74, 6) is 0. The number of unbranched alkanes of at least 4 members (excludes halogenated alkanes) is 2. The number of halogens is 1. The maximum atomic E-state index is 9.06. The molecule has 0 spiro atoms. The van der Waals surface area contributed by atoms with Gasteiger partial charge in [0.2, 0.25) is 0 Å². The van der Waals surface area contributed by atoms with E-state index in [2.05, 4.69) is 17.9 Å². The van der Waals surface area contributed by atoms with Crippen LogP contribution >= 0.6 is 11.6 Å². The minimum absolute atomic E-state index is 0.530. The molecule has 0 aliphatic rings. The smallest absolute Gasteiger partial charge is 0.103 e. The molecule has 3 heteroatoms. The molecule has 1 rings (SSSR count). The fourth-order valence-corrected chi connectivity index (χ4v) is 1.87. The topological polar surface area (TPSA) is 27.0 Å². The van der Waals surface area contributed by atoms with E-state index < -0.39 is 0 Å². The van der Waals surface area contributed by atoms with Gasteiger partial charge >= 0.3 is 0 Å². The Morgan fingerprint density at radius 3 is 2.75 bits per heavy atom. The maximum absolute atomic E-state index is 9.06. The summed E-state index contributed by atoms with van der Waals surface area (Å²) in [5.41, 5.74) is 1.49. The van der Waals surface area contributed by atoms with Crippen molar-refractivity contribution in [3.63, 3.8) is 0 Å². The van der Waals surface area contributed by atoms with Crippen molar-refractivity contribution in [3.05, 3.63) is 28.8 Å². The summed E-state index contributed by atoms with van der Waals surface area (Å²) in [6.45, 7) is 3.14. The monoisotopic (exact) mass is 236 g/mol. The Hall–Kier alpha value is -1.20. The number of benzene rings is 1. The Bertz CT molecular complexity index is 382. The first-order valence-electron chi connectivity index (χ1n) is 5.60. The van der Waals surface area contributed by atoms with Crippen molar-refractivity contribution in [3.8, 4) is 6.07 Å². The molecule has 0 fully saturated rings. The molecule has 0 bridgehead atoms. The van der Waals surface area contributed by atoms with Crippen LogP contribution in [0.25, 0.3) is 0 Å². The fourth-order valence-electron chi connectivity index (χ4n) is 1.66. The van der Waals surface area contributed by atoms with E-state index in [1.165, 1.54) is 12.8 Å². The van der Waals surface area contributed by atoms with Gasteiger partial charge in [-0.2, -0.15) is 5.26 Å². The Kier molecular flexibility index (Phi) is 5.14. The predicted octanol–water partition coefficient (Wildman–Crippen LogP) is 3.84. The van der Waals surface area contributed by atoms with Gasteiger partial charge in [0.05, 0.1) is 16.3 Å². The van der Waals surface area contributed by atoms with Gasteiger partial charge in [0, 0.05) is 13.6 Å². The summed E-state index contributed by atoms with van der Waals surface area (Å²) in [5, 5.41) is 9.59. The van der Waals surface area contributed by atoms with E-state index in [1.807, 2.05) is 19.2 Å². The Balaban J connectivity index is 2.79. The van der Waals surface area contributed by atoms with Crippen LogP contribution in [0, 0.1) is 11.3 Å². The van der Waals surface area contributed by atoms with Crippen LogP contribution in [0.15, 0.2) is 18.2 Å². The van der Waals surface area contributed by atoms with Crippen LogP contribution in [0.3, 0.4) is 0 Å². The number of nitrogens with zero attached hydrogens (tertiary/aromatic N) is 2. The van der Waals surface area contributed by atoms with E-state index >= 15 is 0 Å². The zero-order chi connectivity index (χ0) is 12.0. The van der Waals surface area contributed by atoms with Crippen LogP contribution in [0.5, 0.6) is 0 Å². The Morgan fingerprint density at radius 1 is 1.38 bits per heavy atom. The first-order valence-corrected chi connectivity index (χ1v) is 5.98. The molecule has 0 atom stereocenters. The molecular formula is C13H17ClN2. The number of anilines is 1. The standard InChI is InChI=1S/C13H17ClN2/c1-3-4-5-9-16(2)13-8-6-7-12(14)11(13)10-15/h6-8H,3-5,9H2,1-2H3.